The average Bonchev–Trinajstić information content (AvgIpc) is 3.03. The molecule has 4 rings (SSSR count). The summed E-state index contributed by atoms with van der Waals surface area (Å²) in [5, 5.41) is 17.1. The van der Waals surface area contributed by atoms with Gasteiger partial charge in [-0.25, -0.2) is 4.79 Å². The number of carboxylic acids is 1. The highest BCUT2D eigenvalue weighted by Gasteiger charge is 2.18. The summed E-state index contributed by atoms with van der Waals surface area (Å²) in [6.45, 7) is 5.96. The lowest BCUT2D eigenvalue weighted by Crippen LogP contribution is -2.30. The zero-order valence-corrected chi connectivity index (χ0v) is 25.8. The molecule has 0 aromatic heterocycles. The van der Waals surface area contributed by atoms with Crippen molar-refractivity contribution >= 4 is 52.9 Å². The number of hydrogen-bond acceptors (Lipinski definition) is 6. The Morgan fingerprint density at radius 2 is 1.56 bits per heavy atom. The molecule has 0 fully saturated rings. The van der Waals surface area contributed by atoms with Crippen LogP contribution in [-0.4, -0.2) is 40.7 Å². The highest BCUT2D eigenvalue weighted by atomic mass is 32.2. The lowest BCUT2D eigenvalue weighted by atomic mass is 10.1. The Morgan fingerprint density at radius 3 is 2.20 bits per heavy atom. The number of anilines is 2. The van der Waals surface area contributed by atoms with E-state index in [4.69, 9.17) is 4.74 Å². The number of carbonyl (C=O) groups is 4. The fourth-order valence-electron chi connectivity index (χ4n) is 4.13. The molecule has 0 spiro atoms. The van der Waals surface area contributed by atoms with E-state index in [9.17, 15) is 24.3 Å². The molecule has 1 unspecified atom stereocenters. The first-order valence-electron chi connectivity index (χ1n) is 14.2. The Hall–Kier alpha value is -5.35. The summed E-state index contributed by atoms with van der Waals surface area (Å²) in [4.78, 5) is 51.2. The van der Waals surface area contributed by atoms with E-state index in [0.29, 0.717) is 34.9 Å². The van der Waals surface area contributed by atoms with Gasteiger partial charge in [0.25, 0.3) is 11.8 Å². The number of nitrogens with one attached hydrogen (secondary N) is 3. The highest BCUT2D eigenvalue weighted by Crippen LogP contribution is 2.27. The van der Waals surface area contributed by atoms with Crippen molar-refractivity contribution in [3.8, 4) is 5.75 Å². The van der Waals surface area contributed by atoms with Crippen LogP contribution in [0, 0.1) is 6.92 Å². The topological polar surface area (TPSA) is 134 Å². The molecule has 230 valence electrons. The molecule has 4 aromatic rings. The van der Waals surface area contributed by atoms with E-state index in [1.165, 1.54) is 23.9 Å². The predicted octanol–water partition coefficient (Wildman–Crippen LogP) is 6.62. The van der Waals surface area contributed by atoms with Gasteiger partial charge in [-0.05, 0) is 98.6 Å². The Kier molecular flexibility index (Phi) is 11.1. The molecule has 0 radical (unpaired) electrons. The molecule has 10 heteroatoms. The van der Waals surface area contributed by atoms with Gasteiger partial charge in [-0.3, -0.25) is 14.4 Å². The smallest absolute Gasteiger partial charge is 0.335 e. The highest BCUT2D eigenvalue weighted by molar-refractivity contribution is 8.00. The van der Waals surface area contributed by atoms with Crippen molar-refractivity contribution in [2.45, 2.75) is 30.9 Å². The van der Waals surface area contributed by atoms with Crippen LogP contribution in [-0.2, 0) is 9.59 Å². The summed E-state index contributed by atoms with van der Waals surface area (Å²) in [6.07, 6.45) is 1.59. The van der Waals surface area contributed by atoms with Crippen molar-refractivity contribution in [3.63, 3.8) is 0 Å². The van der Waals surface area contributed by atoms with Crippen LogP contribution in [0.4, 0.5) is 11.4 Å². The quantitative estimate of drug-likeness (QED) is 0.103. The lowest BCUT2D eigenvalue weighted by Gasteiger charge is -2.15. The largest absolute Gasteiger partial charge is 0.494 e. The van der Waals surface area contributed by atoms with Gasteiger partial charge in [0.05, 0.1) is 17.4 Å². The zero-order valence-electron chi connectivity index (χ0n) is 25.0. The van der Waals surface area contributed by atoms with E-state index in [-0.39, 0.29) is 17.2 Å². The van der Waals surface area contributed by atoms with E-state index < -0.39 is 23.0 Å². The Labute approximate surface area is 265 Å². The standard InChI is InChI=1S/C35H33N3O6S/c1-4-44-28-16-11-24(12-17-28)20-31(38-33(40)25-8-6-5-7-9-25)34(41)36-27-14-18-29(19-15-27)45-23(3)32(39)37-30-21-26(35(42)43)13-10-22(30)2/h5-21,23H,4H2,1-3H3,(H,36,41)(H,37,39)(H,38,40)(H,42,43)/b31-20-. The number of carboxylic acid groups (broad SMARTS) is 1. The van der Waals surface area contributed by atoms with Crippen LogP contribution in [0.15, 0.2) is 108 Å². The number of thioether (sulfide) groups is 1. The second kappa shape index (κ2) is 15.4. The number of ether oxygens (including phenoxy) is 1. The van der Waals surface area contributed by atoms with Gasteiger partial charge in [0, 0.05) is 21.8 Å². The molecule has 0 aliphatic carbocycles. The molecule has 9 nitrogen and oxygen atoms in total. The first-order chi connectivity index (χ1) is 21.6. The van der Waals surface area contributed by atoms with Gasteiger partial charge in [-0.15, -0.1) is 11.8 Å². The van der Waals surface area contributed by atoms with Crippen molar-refractivity contribution in [3.05, 3.63) is 125 Å². The van der Waals surface area contributed by atoms with Crippen LogP contribution in [0.25, 0.3) is 6.08 Å². The van der Waals surface area contributed by atoms with E-state index in [1.807, 2.05) is 6.92 Å². The van der Waals surface area contributed by atoms with E-state index in [1.54, 1.807) is 105 Å². The van der Waals surface area contributed by atoms with Crippen LogP contribution >= 0.6 is 11.8 Å². The summed E-state index contributed by atoms with van der Waals surface area (Å²) < 4.78 is 5.49. The number of amides is 3. The van der Waals surface area contributed by atoms with Gasteiger partial charge in [0.2, 0.25) is 5.91 Å². The number of aromatic carboxylic acids is 1. The van der Waals surface area contributed by atoms with Crippen LogP contribution in [0.3, 0.4) is 0 Å². The van der Waals surface area contributed by atoms with Crippen molar-refractivity contribution < 1.29 is 29.0 Å². The average molecular weight is 624 g/mol. The summed E-state index contributed by atoms with van der Waals surface area (Å²) in [5.41, 5.74) is 2.94. The Balaban J connectivity index is 1.44. The van der Waals surface area contributed by atoms with Crippen molar-refractivity contribution in [2.24, 2.45) is 0 Å². The second-order valence-electron chi connectivity index (χ2n) is 9.94. The minimum Gasteiger partial charge on any atom is -0.494 e. The van der Waals surface area contributed by atoms with Crippen LogP contribution in [0.1, 0.15) is 45.7 Å². The monoisotopic (exact) mass is 623 g/mol. The van der Waals surface area contributed by atoms with Crippen molar-refractivity contribution in [1.29, 1.82) is 0 Å². The van der Waals surface area contributed by atoms with Gasteiger partial charge >= 0.3 is 5.97 Å². The van der Waals surface area contributed by atoms with Crippen molar-refractivity contribution in [1.82, 2.24) is 5.32 Å². The lowest BCUT2D eigenvalue weighted by molar-refractivity contribution is -0.115. The predicted molar refractivity (Wildman–Crippen MR) is 177 cm³/mol. The number of benzene rings is 4. The number of carbonyl (C=O) groups excluding carboxylic acids is 3. The maximum absolute atomic E-state index is 13.4. The van der Waals surface area contributed by atoms with Gasteiger partial charge in [0.1, 0.15) is 11.4 Å². The van der Waals surface area contributed by atoms with Crippen LogP contribution in [0.5, 0.6) is 5.75 Å². The molecule has 45 heavy (non-hydrogen) atoms. The minimum atomic E-state index is -1.07. The van der Waals surface area contributed by atoms with Crippen LogP contribution in [0.2, 0.25) is 0 Å². The Morgan fingerprint density at radius 1 is 0.867 bits per heavy atom. The second-order valence-corrected chi connectivity index (χ2v) is 11.4. The normalized spacial score (nSPS) is 11.7. The third-order valence-electron chi connectivity index (χ3n) is 6.57. The first kappa shape index (κ1) is 32.6. The molecule has 0 aliphatic heterocycles. The third kappa shape index (κ3) is 9.32. The molecule has 0 bridgehead atoms. The SMILES string of the molecule is CCOc1ccc(/C=C(\NC(=O)c2ccccc2)C(=O)Nc2ccc(SC(C)C(=O)Nc3cc(C(=O)O)ccc3C)cc2)cc1. The van der Waals surface area contributed by atoms with Crippen LogP contribution < -0.4 is 20.7 Å². The number of rotatable bonds is 12. The molecule has 3 amide bonds. The molecule has 4 aromatic carbocycles. The summed E-state index contributed by atoms with van der Waals surface area (Å²) >= 11 is 1.31. The third-order valence-corrected chi connectivity index (χ3v) is 7.68. The van der Waals surface area contributed by atoms with Gasteiger partial charge in [-0.1, -0.05) is 36.4 Å². The molecule has 1 atom stereocenters. The molecule has 0 saturated carbocycles. The maximum atomic E-state index is 13.4. The Bertz CT molecular complexity index is 1700. The fourth-order valence-corrected chi connectivity index (χ4v) is 5.00. The maximum Gasteiger partial charge on any atom is 0.335 e. The van der Waals surface area contributed by atoms with Crippen molar-refractivity contribution in [2.75, 3.05) is 17.2 Å². The minimum absolute atomic E-state index is 0.0546. The van der Waals surface area contributed by atoms with E-state index in [2.05, 4.69) is 16.0 Å². The number of aryl methyl sites for hydroxylation is 1. The summed E-state index contributed by atoms with van der Waals surface area (Å²) in [5.74, 6) is -1.59. The fraction of sp³-hybridized carbons (Fsp3) is 0.143. The zero-order chi connectivity index (χ0) is 32.3. The van der Waals surface area contributed by atoms with Gasteiger partial charge < -0.3 is 25.8 Å². The van der Waals surface area contributed by atoms with E-state index in [0.717, 1.165) is 10.5 Å². The molecule has 0 heterocycles. The first-order valence-corrected chi connectivity index (χ1v) is 15.0. The molecule has 0 aliphatic rings. The molecule has 0 saturated heterocycles. The molecular weight excluding hydrogens is 590 g/mol. The van der Waals surface area contributed by atoms with Gasteiger partial charge in [-0.2, -0.15) is 0 Å². The van der Waals surface area contributed by atoms with E-state index >= 15 is 0 Å². The molecular formula is C35H33N3O6S. The molecule has 4 N–H and O–H groups in total. The van der Waals surface area contributed by atoms with Gasteiger partial charge in [0.15, 0.2) is 0 Å². The summed E-state index contributed by atoms with van der Waals surface area (Å²) in [7, 11) is 0. The number of hydrogen-bond donors (Lipinski definition) is 4. The summed E-state index contributed by atoms with van der Waals surface area (Å²) in [6, 6.07) is 27.3.